The number of hydrogen-bond donors (Lipinski definition) is 1. The van der Waals surface area contributed by atoms with Gasteiger partial charge in [0.25, 0.3) is 11.8 Å². The molecular formula is C25H24N4O3. The van der Waals surface area contributed by atoms with Crippen LogP contribution >= 0.6 is 0 Å². The zero-order chi connectivity index (χ0) is 23.0. The average Bonchev–Trinajstić information content (AvgIpc) is 3.18. The van der Waals surface area contributed by atoms with E-state index in [1.54, 1.807) is 12.1 Å². The molecule has 2 heterocycles. The number of amides is 4. The van der Waals surface area contributed by atoms with Crippen LogP contribution in [-0.4, -0.2) is 36.5 Å². The zero-order valence-electron chi connectivity index (χ0n) is 18.4. The minimum absolute atomic E-state index is 0.103. The van der Waals surface area contributed by atoms with Crippen LogP contribution in [0.2, 0.25) is 0 Å². The largest absolute Gasteiger partial charge is 0.378 e. The standard InChI is InChI=1S/C25H24N4O3/c1-16-12-17(2)14-21(13-16)29-24(31)22(23(30)26-25(29)32)15-20-6-5-11-28(20)19-9-7-18(8-10-19)27(3)4/h5-15H,1-4H3,(H,26,30,32)/b22-15+. The second-order valence-electron chi connectivity index (χ2n) is 8.02. The summed E-state index contributed by atoms with van der Waals surface area (Å²) < 4.78 is 1.88. The number of hydrogen-bond acceptors (Lipinski definition) is 4. The maximum absolute atomic E-state index is 13.2. The Morgan fingerprint density at radius 1 is 0.875 bits per heavy atom. The molecule has 0 aliphatic carbocycles. The minimum Gasteiger partial charge on any atom is -0.378 e. The molecule has 7 heteroatoms. The molecule has 1 aliphatic rings. The Bertz CT molecular complexity index is 1230. The van der Waals surface area contributed by atoms with Gasteiger partial charge in [-0.25, -0.2) is 9.69 Å². The molecule has 162 valence electrons. The molecule has 0 radical (unpaired) electrons. The number of rotatable bonds is 4. The second-order valence-corrected chi connectivity index (χ2v) is 8.02. The summed E-state index contributed by atoms with van der Waals surface area (Å²) >= 11 is 0. The molecule has 4 rings (SSSR count). The van der Waals surface area contributed by atoms with Crippen molar-refractivity contribution in [1.29, 1.82) is 0 Å². The van der Waals surface area contributed by atoms with Gasteiger partial charge in [0.05, 0.1) is 5.69 Å². The van der Waals surface area contributed by atoms with Crippen molar-refractivity contribution in [1.82, 2.24) is 9.88 Å². The van der Waals surface area contributed by atoms with Gasteiger partial charge in [-0.3, -0.25) is 14.9 Å². The highest BCUT2D eigenvalue weighted by atomic mass is 16.2. The lowest BCUT2D eigenvalue weighted by molar-refractivity contribution is -0.122. The number of imide groups is 2. The van der Waals surface area contributed by atoms with Crippen LogP contribution in [0.4, 0.5) is 16.2 Å². The molecule has 3 aromatic rings. The fourth-order valence-electron chi connectivity index (χ4n) is 3.78. The van der Waals surface area contributed by atoms with Gasteiger partial charge >= 0.3 is 6.03 Å². The zero-order valence-corrected chi connectivity index (χ0v) is 18.4. The third-order valence-electron chi connectivity index (χ3n) is 5.28. The lowest BCUT2D eigenvalue weighted by Gasteiger charge is -2.27. The van der Waals surface area contributed by atoms with Crippen molar-refractivity contribution in [3.05, 3.63) is 83.2 Å². The molecule has 0 unspecified atom stereocenters. The maximum atomic E-state index is 13.2. The fraction of sp³-hybridized carbons (Fsp3) is 0.160. The van der Waals surface area contributed by atoms with E-state index < -0.39 is 17.8 Å². The molecule has 0 bridgehead atoms. The Kier molecular flexibility index (Phi) is 5.40. The summed E-state index contributed by atoms with van der Waals surface area (Å²) in [6.45, 7) is 3.78. The van der Waals surface area contributed by atoms with Crippen molar-refractivity contribution in [2.75, 3.05) is 23.9 Å². The molecule has 0 saturated carbocycles. The SMILES string of the molecule is Cc1cc(C)cc(N2C(=O)NC(=O)/C(=C\c3cccn3-c3ccc(N(C)C)cc3)C2=O)c1. The highest BCUT2D eigenvalue weighted by molar-refractivity contribution is 6.39. The Morgan fingerprint density at radius 3 is 2.16 bits per heavy atom. The number of barbiturate groups is 1. The van der Waals surface area contributed by atoms with E-state index in [4.69, 9.17) is 0 Å². The second kappa shape index (κ2) is 8.19. The van der Waals surface area contributed by atoms with Crippen LogP contribution in [0.25, 0.3) is 11.8 Å². The highest BCUT2D eigenvalue weighted by Crippen LogP contribution is 2.25. The number of carbonyl (C=O) groups is 3. The Hall–Kier alpha value is -4.13. The lowest BCUT2D eigenvalue weighted by Crippen LogP contribution is -2.54. The smallest absolute Gasteiger partial charge is 0.335 e. The predicted octanol–water partition coefficient (Wildman–Crippen LogP) is 3.83. The van der Waals surface area contributed by atoms with Crippen LogP contribution in [-0.2, 0) is 9.59 Å². The van der Waals surface area contributed by atoms with Crippen LogP contribution in [0.3, 0.4) is 0 Å². The number of anilines is 2. The minimum atomic E-state index is -0.753. The van der Waals surface area contributed by atoms with E-state index >= 15 is 0 Å². The number of urea groups is 1. The van der Waals surface area contributed by atoms with E-state index in [2.05, 4.69) is 5.32 Å². The first-order valence-electron chi connectivity index (χ1n) is 10.2. The number of nitrogens with zero attached hydrogens (tertiary/aromatic N) is 3. The summed E-state index contributed by atoms with van der Waals surface area (Å²) in [5.74, 6) is -1.37. The summed E-state index contributed by atoms with van der Waals surface area (Å²) in [6, 6.07) is 16.2. The average molecular weight is 428 g/mol. The molecular weight excluding hydrogens is 404 g/mol. The molecule has 1 saturated heterocycles. The number of carbonyl (C=O) groups excluding carboxylic acids is 3. The lowest BCUT2D eigenvalue weighted by atomic mass is 10.1. The van der Waals surface area contributed by atoms with Gasteiger partial charge in [0.2, 0.25) is 0 Å². The summed E-state index contributed by atoms with van der Waals surface area (Å²) in [5, 5.41) is 2.28. The van der Waals surface area contributed by atoms with Crippen LogP contribution in [0.5, 0.6) is 0 Å². The molecule has 32 heavy (non-hydrogen) atoms. The van der Waals surface area contributed by atoms with Crippen molar-refractivity contribution in [2.45, 2.75) is 13.8 Å². The molecule has 1 fully saturated rings. The normalized spacial score (nSPS) is 15.3. The number of aromatic nitrogens is 1. The van der Waals surface area contributed by atoms with Crippen LogP contribution < -0.4 is 15.1 Å². The molecule has 1 aliphatic heterocycles. The molecule has 0 spiro atoms. The summed E-state index contributed by atoms with van der Waals surface area (Å²) in [5.41, 5.74) is 4.75. The molecule has 7 nitrogen and oxygen atoms in total. The molecule has 1 N–H and O–H groups in total. The van der Waals surface area contributed by atoms with Gasteiger partial charge in [-0.2, -0.15) is 0 Å². The van der Waals surface area contributed by atoms with E-state index in [1.807, 2.05) is 86.1 Å². The van der Waals surface area contributed by atoms with E-state index in [0.717, 1.165) is 27.4 Å². The third kappa shape index (κ3) is 3.92. The maximum Gasteiger partial charge on any atom is 0.335 e. The molecule has 2 aromatic carbocycles. The van der Waals surface area contributed by atoms with E-state index in [0.29, 0.717) is 11.4 Å². The summed E-state index contributed by atoms with van der Waals surface area (Å²) in [4.78, 5) is 41.3. The summed E-state index contributed by atoms with van der Waals surface area (Å²) in [6.07, 6.45) is 3.37. The van der Waals surface area contributed by atoms with Gasteiger partial charge in [-0.05, 0) is 79.6 Å². The predicted molar refractivity (Wildman–Crippen MR) is 125 cm³/mol. The Labute approximate surface area is 186 Å². The van der Waals surface area contributed by atoms with Gasteiger partial charge in [0.1, 0.15) is 5.57 Å². The van der Waals surface area contributed by atoms with E-state index in [-0.39, 0.29) is 5.57 Å². The van der Waals surface area contributed by atoms with Crippen molar-refractivity contribution in [3.8, 4) is 5.69 Å². The van der Waals surface area contributed by atoms with Crippen molar-refractivity contribution >= 4 is 35.3 Å². The Morgan fingerprint density at radius 2 is 1.53 bits per heavy atom. The molecule has 1 aromatic heterocycles. The van der Waals surface area contributed by atoms with E-state index in [1.165, 1.54) is 6.08 Å². The van der Waals surface area contributed by atoms with Crippen LogP contribution in [0, 0.1) is 13.8 Å². The number of nitrogens with one attached hydrogen (secondary N) is 1. The van der Waals surface area contributed by atoms with Crippen LogP contribution in [0.1, 0.15) is 16.8 Å². The highest BCUT2D eigenvalue weighted by Gasteiger charge is 2.37. The quantitative estimate of drug-likeness (QED) is 0.506. The topological polar surface area (TPSA) is 74.7 Å². The third-order valence-corrected chi connectivity index (χ3v) is 5.28. The molecule has 0 atom stereocenters. The van der Waals surface area contributed by atoms with Gasteiger partial charge in [0.15, 0.2) is 0 Å². The monoisotopic (exact) mass is 428 g/mol. The molecule has 4 amide bonds. The van der Waals surface area contributed by atoms with Gasteiger partial charge in [-0.1, -0.05) is 6.07 Å². The van der Waals surface area contributed by atoms with Crippen molar-refractivity contribution < 1.29 is 14.4 Å². The first-order chi connectivity index (χ1) is 15.2. The van der Waals surface area contributed by atoms with Gasteiger partial charge in [-0.15, -0.1) is 0 Å². The Balaban J connectivity index is 1.72. The van der Waals surface area contributed by atoms with E-state index in [9.17, 15) is 14.4 Å². The van der Waals surface area contributed by atoms with Crippen LogP contribution in [0.15, 0.2) is 66.4 Å². The first kappa shape index (κ1) is 21.1. The summed E-state index contributed by atoms with van der Waals surface area (Å²) in [7, 11) is 3.94. The van der Waals surface area contributed by atoms with Gasteiger partial charge < -0.3 is 9.47 Å². The fourth-order valence-corrected chi connectivity index (χ4v) is 3.78. The van der Waals surface area contributed by atoms with Crippen molar-refractivity contribution in [2.24, 2.45) is 0 Å². The number of benzene rings is 2. The van der Waals surface area contributed by atoms with Crippen molar-refractivity contribution in [3.63, 3.8) is 0 Å². The first-order valence-corrected chi connectivity index (χ1v) is 10.2. The van der Waals surface area contributed by atoms with Gasteiger partial charge in [0, 0.05) is 37.4 Å². The number of aryl methyl sites for hydroxylation is 2.